The van der Waals surface area contributed by atoms with Crippen molar-refractivity contribution < 1.29 is 0 Å². The highest BCUT2D eigenvalue weighted by molar-refractivity contribution is 5.69. The second-order valence-electron chi connectivity index (χ2n) is 6.67. The lowest BCUT2D eigenvalue weighted by Crippen LogP contribution is -2.26. The second-order valence-corrected chi connectivity index (χ2v) is 6.67. The molecular formula is C19H23N5O. The summed E-state index contributed by atoms with van der Waals surface area (Å²) >= 11 is 0. The van der Waals surface area contributed by atoms with E-state index in [1.54, 1.807) is 0 Å². The molecule has 6 heteroatoms. The van der Waals surface area contributed by atoms with Crippen LogP contribution in [-0.2, 0) is 0 Å². The second kappa shape index (κ2) is 7.39. The standard InChI is InChI=1S/C19H23N5O/c1-24(2)15-10-8-13(9-11-15)17-16(12-20)18(25)23-19(22-17)21-14-6-4-3-5-7-14/h8-11,14H,3-7H2,1-2H3,(H2,21,22,23,25). The van der Waals surface area contributed by atoms with Crippen molar-refractivity contribution in [2.24, 2.45) is 0 Å². The Labute approximate surface area is 147 Å². The molecule has 3 rings (SSSR count). The number of rotatable bonds is 4. The van der Waals surface area contributed by atoms with Crippen LogP contribution in [0.1, 0.15) is 37.7 Å². The lowest BCUT2D eigenvalue weighted by atomic mass is 9.96. The third-order valence-electron chi connectivity index (χ3n) is 4.63. The Morgan fingerprint density at radius 1 is 1.20 bits per heavy atom. The number of hydrogen-bond donors (Lipinski definition) is 2. The van der Waals surface area contributed by atoms with Gasteiger partial charge >= 0.3 is 0 Å². The molecule has 2 N–H and O–H groups in total. The number of H-pyrrole nitrogens is 1. The van der Waals surface area contributed by atoms with Crippen LogP contribution >= 0.6 is 0 Å². The lowest BCUT2D eigenvalue weighted by Gasteiger charge is -2.23. The van der Waals surface area contributed by atoms with E-state index < -0.39 is 5.56 Å². The lowest BCUT2D eigenvalue weighted by molar-refractivity contribution is 0.461. The van der Waals surface area contributed by atoms with Gasteiger partial charge in [-0.25, -0.2) is 4.98 Å². The molecule has 0 atom stereocenters. The van der Waals surface area contributed by atoms with Crippen LogP contribution in [-0.4, -0.2) is 30.1 Å². The third kappa shape index (κ3) is 3.82. The highest BCUT2D eigenvalue weighted by Gasteiger charge is 2.17. The average molecular weight is 337 g/mol. The van der Waals surface area contributed by atoms with Crippen molar-refractivity contribution in [3.8, 4) is 17.3 Å². The van der Waals surface area contributed by atoms with Gasteiger partial charge in [0.25, 0.3) is 5.56 Å². The number of aromatic nitrogens is 2. The average Bonchev–Trinajstić information content (AvgIpc) is 2.62. The summed E-state index contributed by atoms with van der Waals surface area (Å²) in [6.45, 7) is 0. The summed E-state index contributed by atoms with van der Waals surface area (Å²) in [7, 11) is 3.93. The predicted octanol–water partition coefficient (Wildman–Crippen LogP) is 3.12. The van der Waals surface area contributed by atoms with Crippen molar-refractivity contribution in [2.75, 3.05) is 24.3 Å². The first kappa shape index (κ1) is 17.0. The van der Waals surface area contributed by atoms with E-state index in [-0.39, 0.29) is 5.56 Å². The minimum absolute atomic E-state index is 0.0480. The van der Waals surface area contributed by atoms with Gasteiger partial charge in [0, 0.05) is 31.4 Å². The number of benzene rings is 1. The number of hydrogen-bond acceptors (Lipinski definition) is 5. The molecule has 1 aliphatic rings. The zero-order chi connectivity index (χ0) is 17.8. The summed E-state index contributed by atoms with van der Waals surface area (Å²) in [6, 6.07) is 10.0. The fourth-order valence-electron chi connectivity index (χ4n) is 3.21. The minimum Gasteiger partial charge on any atom is -0.378 e. The fourth-order valence-corrected chi connectivity index (χ4v) is 3.21. The van der Waals surface area contributed by atoms with Gasteiger partial charge in [0.05, 0.1) is 5.69 Å². The summed E-state index contributed by atoms with van der Waals surface area (Å²) in [5, 5.41) is 12.7. The van der Waals surface area contributed by atoms with Crippen LogP contribution in [0.5, 0.6) is 0 Å². The molecular weight excluding hydrogens is 314 g/mol. The summed E-state index contributed by atoms with van der Waals surface area (Å²) in [6.07, 6.45) is 5.81. The molecule has 1 heterocycles. The fraction of sp³-hybridized carbons (Fsp3) is 0.421. The zero-order valence-electron chi connectivity index (χ0n) is 14.7. The Kier molecular flexibility index (Phi) is 5.03. The molecule has 1 aliphatic carbocycles. The number of nitriles is 1. The van der Waals surface area contributed by atoms with E-state index in [2.05, 4.69) is 15.3 Å². The smallest absolute Gasteiger partial charge is 0.270 e. The Morgan fingerprint density at radius 3 is 2.48 bits per heavy atom. The van der Waals surface area contributed by atoms with E-state index >= 15 is 0 Å². The molecule has 2 aromatic rings. The van der Waals surface area contributed by atoms with Gasteiger partial charge in [-0.05, 0) is 25.0 Å². The normalized spacial score (nSPS) is 14.8. The highest BCUT2D eigenvalue weighted by atomic mass is 16.1. The summed E-state index contributed by atoms with van der Waals surface area (Å²) < 4.78 is 0. The van der Waals surface area contributed by atoms with Crippen LogP contribution in [0.4, 0.5) is 11.6 Å². The Bertz CT molecular complexity index is 826. The summed E-state index contributed by atoms with van der Waals surface area (Å²) in [5.74, 6) is 0.447. The number of nitrogens with zero attached hydrogens (tertiary/aromatic N) is 3. The van der Waals surface area contributed by atoms with Crippen molar-refractivity contribution in [1.29, 1.82) is 5.26 Å². The summed E-state index contributed by atoms with van der Waals surface area (Å²) in [5.41, 5.74) is 1.89. The Hall–Kier alpha value is -2.81. The van der Waals surface area contributed by atoms with E-state index in [4.69, 9.17) is 0 Å². The first-order valence-electron chi connectivity index (χ1n) is 8.67. The molecule has 0 amide bonds. The maximum absolute atomic E-state index is 12.3. The number of aromatic amines is 1. The van der Waals surface area contributed by atoms with E-state index in [1.165, 1.54) is 19.3 Å². The first-order valence-corrected chi connectivity index (χ1v) is 8.67. The van der Waals surface area contributed by atoms with Crippen molar-refractivity contribution in [3.63, 3.8) is 0 Å². The maximum atomic E-state index is 12.3. The molecule has 0 unspecified atom stereocenters. The molecule has 0 bridgehead atoms. The maximum Gasteiger partial charge on any atom is 0.270 e. The van der Waals surface area contributed by atoms with Crippen molar-refractivity contribution in [1.82, 2.24) is 9.97 Å². The third-order valence-corrected chi connectivity index (χ3v) is 4.63. The molecule has 1 fully saturated rings. The van der Waals surface area contributed by atoms with Crippen LogP contribution in [0.3, 0.4) is 0 Å². The Morgan fingerprint density at radius 2 is 1.88 bits per heavy atom. The van der Waals surface area contributed by atoms with Crippen LogP contribution in [0.25, 0.3) is 11.3 Å². The molecule has 6 nitrogen and oxygen atoms in total. The first-order chi connectivity index (χ1) is 12.1. The SMILES string of the molecule is CN(C)c1ccc(-c2nc(NC3CCCCC3)[nH]c(=O)c2C#N)cc1. The van der Waals surface area contributed by atoms with E-state index in [0.717, 1.165) is 24.1 Å². The van der Waals surface area contributed by atoms with Crippen LogP contribution in [0.15, 0.2) is 29.1 Å². The predicted molar refractivity (Wildman–Crippen MR) is 99.8 cm³/mol. The van der Waals surface area contributed by atoms with Crippen LogP contribution in [0.2, 0.25) is 0 Å². The monoisotopic (exact) mass is 337 g/mol. The van der Waals surface area contributed by atoms with Crippen molar-refractivity contribution >= 4 is 11.6 Å². The number of nitrogens with one attached hydrogen (secondary N) is 2. The molecule has 0 aliphatic heterocycles. The molecule has 0 spiro atoms. The topological polar surface area (TPSA) is 84.8 Å². The summed E-state index contributed by atoms with van der Waals surface area (Å²) in [4.78, 5) is 21.6. The van der Waals surface area contributed by atoms with Crippen molar-refractivity contribution in [3.05, 3.63) is 40.2 Å². The van der Waals surface area contributed by atoms with Gasteiger partial charge in [-0.3, -0.25) is 9.78 Å². The van der Waals surface area contributed by atoms with E-state index in [9.17, 15) is 10.1 Å². The van der Waals surface area contributed by atoms with Crippen molar-refractivity contribution in [2.45, 2.75) is 38.1 Å². The van der Waals surface area contributed by atoms with Gasteiger partial charge < -0.3 is 10.2 Å². The van der Waals surface area contributed by atoms with Crippen LogP contribution < -0.4 is 15.8 Å². The molecule has 0 radical (unpaired) electrons. The van der Waals surface area contributed by atoms with Gasteiger partial charge in [0.1, 0.15) is 11.6 Å². The quantitative estimate of drug-likeness (QED) is 0.895. The molecule has 1 aromatic carbocycles. The molecule has 25 heavy (non-hydrogen) atoms. The van der Waals surface area contributed by atoms with Gasteiger partial charge in [-0.15, -0.1) is 0 Å². The number of anilines is 2. The van der Waals surface area contributed by atoms with Gasteiger partial charge in [0.2, 0.25) is 5.95 Å². The zero-order valence-corrected chi connectivity index (χ0v) is 14.7. The minimum atomic E-state index is -0.400. The molecule has 0 saturated heterocycles. The largest absolute Gasteiger partial charge is 0.378 e. The molecule has 130 valence electrons. The highest BCUT2D eigenvalue weighted by Crippen LogP contribution is 2.24. The van der Waals surface area contributed by atoms with Crippen LogP contribution in [0, 0.1) is 11.3 Å². The van der Waals surface area contributed by atoms with Gasteiger partial charge in [-0.2, -0.15) is 5.26 Å². The Balaban J connectivity index is 1.96. The van der Waals surface area contributed by atoms with Gasteiger partial charge in [0.15, 0.2) is 0 Å². The van der Waals surface area contributed by atoms with E-state index in [1.807, 2.05) is 49.3 Å². The molecule has 1 saturated carbocycles. The van der Waals surface area contributed by atoms with Gasteiger partial charge in [-0.1, -0.05) is 31.4 Å². The molecule has 1 aromatic heterocycles. The van der Waals surface area contributed by atoms with E-state index in [0.29, 0.717) is 17.7 Å².